The van der Waals surface area contributed by atoms with Gasteiger partial charge in [0.1, 0.15) is 4.21 Å². The Morgan fingerprint density at radius 1 is 1.32 bits per heavy atom. The first kappa shape index (κ1) is 18.0. The molecular formula is C17H21N3O3S2. The van der Waals surface area contributed by atoms with Gasteiger partial charge in [-0.2, -0.15) is 0 Å². The zero-order chi connectivity index (χ0) is 17.9. The minimum absolute atomic E-state index is 0.0128. The average Bonchev–Trinajstić information content (AvgIpc) is 3.08. The summed E-state index contributed by atoms with van der Waals surface area (Å²) in [5, 5.41) is 0. The average molecular weight is 380 g/mol. The van der Waals surface area contributed by atoms with E-state index in [0.29, 0.717) is 29.4 Å². The van der Waals surface area contributed by atoms with Gasteiger partial charge >= 0.3 is 0 Å². The Kier molecular flexibility index (Phi) is 5.51. The highest BCUT2D eigenvalue weighted by molar-refractivity contribution is 7.91. The molecule has 0 aromatic carbocycles. The van der Waals surface area contributed by atoms with Crippen LogP contribution in [-0.4, -0.2) is 43.8 Å². The van der Waals surface area contributed by atoms with Gasteiger partial charge < -0.3 is 4.90 Å². The lowest BCUT2D eigenvalue weighted by molar-refractivity contribution is 0.0691. The van der Waals surface area contributed by atoms with Crippen molar-refractivity contribution in [2.24, 2.45) is 5.92 Å². The van der Waals surface area contributed by atoms with Crippen LogP contribution in [0.25, 0.3) is 0 Å². The summed E-state index contributed by atoms with van der Waals surface area (Å²) in [5.41, 5.74) is 0.592. The number of nitrogens with one attached hydrogen (secondary N) is 1. The number of hydrogen-bond donors (Lipinski definition) is 1. The van der Waals surface area contributed by atoms with Crippen molar-refractivity contribution in [2.45, 2.75) is 24.0 Å². The monoisotopic (exact) mass is 379 g/mol. The molecular weight excluding hydrogens is 358 g/mol. The van der Waals surface area contributed by atoms with Crippen LogP contribution in [0.4, 0.5) is 0 Å². The molecule has 2 aromatic rings. The van der Waals surface area contributed by atoms with Gasteiger partial charge in [0.25, 0.3) is 5.91 Å². The minimum Gasteiger partial charge on any atom is -0.339 e. The number of carbonyl (C=O) groups excluding carboxylic acids is 1. The number of carbonyl (C=O) groups is 1. The molecule has 3 rings (SSSR count). The third-order valence-electron chi connectivity index (χ3n) is 4.35. The van der Waals surface area contributed by atoms with E-state index in [4.69, 9.17) is 0 Å². The second-order valence-electron chi connectivity index (χ2n) is 6.19. The summed E-state index contributed by atoms with van der Waals surface area (Å²) in [5.74, 6) is 0.231. The van der Waals surface area contributed by atoms with Gasteiger partial charge in [0.2, 0.25) is 10.0 Å². The number of sulfonamides is 1. The standard InChI is InChI=1S/C17H21N3O3S2/c1-13-4-5-16(24-13)25(22,23)19-11-14-6-9-20(10-7-14)17(21)15-3-2-8-18-12-15/h2-5,8,12,14,19H,6-7,9-11H2,1H3. The van der Waals surface area contributed by atoms with Gasteiger partial charge in [-0.1, -0.05) is 0 Å². The van der Waals surface area contributed by atoms with Crippen molar-refractivity contribution in [3.63, 3.8) is 0 Å². The maximum Gasteiger partial charge on any atom is 0.255 e. The maximum absolute atomic E-state index is 12.4. The van der Waals surface area contributed by atoms with Crippen LogP contribution >= 0.6 is 11.3 Å². The first-order valence-corrected chi connectivity index (χ1v) is 10.5. The highest BCUT2D eigenvalue weighted by Gasteiger charge is 2.25. The number of aryl methyl sites for hydroxylation is 1. The molecule has 1 aliphatic heterocycles. The highest BCUT2D eigenvalue weighted by Crippen LogP contribution is 2.22. The smallest absolute Gasteiger partial charge is 0.255 e. The van der Waals surface area contributed by atoms with Crippen LogP contribution in [0.2, 0.25) is 0 Å². The predicted molar refractivity (Wildman–Crippen MR) is 97.1 cm³/mol. The van der Waals surface area contributed by atoms with E-state index in [-0.39, 0.29) is 11.8 Å². The number of aromatic nitrogens is 1. The van der Waals surface area contributed by atoms with E-state index in [2.05, 4.69) is 9.71 Å². The van der Waals surface area contributed by atoms with Crippen molar-refractivity contribution in [1.29, 1.82) is 0 Å². The van der Waals surface area contributed by atoms with Crippen LogP contribution < -0.4 is 4.72 Å². The van der Waals surface area contributed by atoms with E-state index < -0.39 is 10.0 Å². The van der Waals surface area contributed by atoms with E-state index in [9.17, 15) is 13.2 Å². The summed E-state index contributed by atoms with van der Waals surface area (Å²) in [7, 11) is -3.43. The molecule has 0 unspecified atom stereocenters. The Morgan fingerprint density at radius 2 is 2.08 bits per heavy atom. The quantitative estimate of drug-likeness (QED) is 0.864. The van der Waals surface area contributed by atoms with E-state index in [1.54, 1.807) is 30.6 Å². The zero-order valence-corrected chi connectivity index (χ0v) is 15.6. The normalized spacial score (nSPS) is 16.1. The molecule has 0 atom stereocenters. The van der Waals surface area contributed by atoms with Crippen molar-refractivity contribution in [1.82, 2.24) is 14.6 Å². The lowest BCUT2D eigenvalue weighted by Gasteiger charge is -2.32. The number of piperidine rings is 1. The van der Waals surface area contributed by atoms with Crippen LogP contribution in [-0.2, 0) is 10.0 Å². The van der Waals surface area contributed by atoms with Gasteiger partial charge in [-0.15, -0.1) is 11.3 Å². The number of likely N-dealkylation sites (tertiary alicyclic amines) is 1. The molecule has 134 valence electrons. The van der Waals surface area contributed by atoms with Gasteiger partial charge in [0.15, 0.2) is 0 Å². The Balaban J connectivity index is 1.50. The van der Waals surface area contributed by atoms with Crippen molar-refractivity contribution >= 4 is 27.3 Å². The summed E-state index contributed by atoms with van der Waals surface area (Å²) in [6.07, 6.45) is 4.80. The van der Waals surface area contributed by atoms with Crippen molar-refractivity contribution in [3.05, 3.63) is 47.1 Å². The summed E-state index contributed by atoms with van der Waals surface area (Å²) in [6, 6.07) is 6.96. The van der Waals surface area contributed by atoms with Crippen LogP contribution in [0.3, 0.4) is 0 Å². The Labute approximate surface area is 151 Å². The molecule has 0 saturated carbocycles. The lowest BCUT2D eigenvalue weighted by Crippen LogP contribution is -2.41. The van der Waals surface area contributed by atoms with Gasteiger partial charge in [-0.05, 0) is 49.9 Å². The minimum atomic E-state index is -3.43. The largest absolute Gasteiger partial charge is 0.339 e. The van der Waals surface area contributed by atoms with Crippen molar-refractivity contribution in [3.8, 4) is 0 Å². The topological polar surface area (TPSA) is 79.4 Å². The molecule has 3 heterocycles. The number of thiophene rings is 1. The Bertz CT molecular complexity index is 826. The van der Waals surface area contributed by atoms with Gasteiger partial charge in [0.05, 0.1) is 5.56 Å². The second kappa shape index (κ2) is 7.63. The first-order valence-electron chi connectivity index (χ1n) is 8.21. The van der Waals surface area contributed by atoms with Crippen molar-refractivity contribution < 1.29 is 13.2 Å². The molecule has 1 N–H and O–H groups in total. The summed E-state index contributed by atoms with van der Waals surface area (Å²) in [6.45, 7) is 3.57. The number of rotatable bonds is 5. The highest BCUT2D eigenvalue weighted by atomic mass is 32.2. The second-order valence-corrected chi connectivity index (χ2v) is 9.48. The van der Waals surface area contributed by atoms with E-state index >= 15 is 0 Å². The SMILES string of the molecule is Cc1ccc(S(=O)(=O)NCC2CCN(C(=O)c3cccnc3)CC2)s1. The Hall–Kier alpha value is -1.77. The van der Waals surface area contributed by atoms with E-state index in [1.165, 1.54) is 11.3 Å². The molecule has 1 saturated heterocycles. The molecule has 1 amide bonds. The van der Waals surface area contributed by atoms with Gasteiger partial charge in [-0.25, -0.2) is 13.1 Å². The van der Waals surface area contributed by atoms with Crippen LogP contribution in [0, 0.1) is 12.8 Å². The van der Waals surface area contributed by atoms with Crippen LogP contribution in [0.1, 0.15) is 28.1 Å². The molecule has 1 fully saturated rings. The fourth-order valence-electron chi connectivity index (χ4n) is 2.87. The molecule has 6 nitrogen and oxygen atoms in total. The number of hydrogen-bond acceptors (Lipinski definition) is 5. The van der Waals surface area contributed by atoms with Gasteiger partial charge in [-0.3, -0.25) is 9.78 Å². The van der Waals surface area contributed by atoms with Gasteiger partial charge in [0, 0.05) is 36.9 Å². The predicted octanol–water partition coefficient (Wildman–Crippen LogP) is 2.28. The molecule has 1 aliphatic rings. The third-order valence-corrected chi connectivity index (χ3v) is 7.27. The number of amides is 1. The van der Waals surface area contributed by atoms with Crippen LogP contribution in [0.15, 0.2) is 40.9 Å². The lowest BCUT2D eigenvalue weighted by atomic mass is 9.97. The number of pyridine rings is 1. The molecule has 0 spiro atoms. The summed E-state index contributed by atoms with van der Waals surface area (Å²) < 4.78 is 27.6. The molecule has 2 aromatic heterocycles. The number of nitrogens with zero attached hydrogens (tertiary/aromatic N) is 2. The van der Waals surface area contributed by atoms with Crippen LogP contribution in [0.5, 0.6) is 0 Å². The molecule has 25 heavy (non-hydrogen) atoms. The fourth-order valence-corrected chi connectivity index (χ4v) is 5.31. The molecule has 0 radical (unpaired) electrons. The molecule has 0 aliphatic carbocycles. The fraction of sp³-hybridized carbons (Fsp3) is 0.412. The summed E-state index contributed by atoms with van der Waals surface area (Å²) >= 11 is 1.27. The molecule has 0 bridgehead atoms. The Morgan fingerprint density at radius 3 is 2.68 bits per heavy atom. The van der Waals surface area contributed by atoms with E-state index in [1.807, 2.05) is 17.9 Å². The summed E-state index contributed by atoms with van der Waals surface area (Å²) in [4.78, 5) is 19.2. The first-order chi connectivity index (χ1) is 12.0. The van der Waals surface area contributed by atoms with E-state index in [0.717, 1.165) is 17.7 Å². The third kappa shape index (κ3) is 4.45. The van der Waals surface area contributed by atoms with Crippen molar-refractivity contribution in [2.75, 3.05) is 19.6 Å². The molecule has 8 heteroatoms. The maximum atomic E-state index is 12.4. The zero-order valence-electron chi connectivity index (χ0n) is 14.0.